The molecule has 26 heavy (non-hydrogen) atoms. The number of benzene rings is 1. The van der Waals surface area contributed by atoms with Crippen LogP contribution in [0.15, 0.2) is 36.7 Å². The second kappa shape index (κ2) is 8.52. The highest BCUT2D eigenvalue weighted by atomic mass is 35.5. The van der Waals surface area contributed by atoms with Gasteiger partial charge in [0.1, 0.15) is 0 Å². The van der Waals surface area contributed by atoms with Gasteiger partial charge in [-0.25, -0.2) is 0 Å². The minimum atomic E-state index is 0.702. The molecule has 0 bridgehead atoms. The van der Waals surface area contributed by atoms with E-state index in [1.165, 1.54) is 16.8 Å². The van der Waals surface area contributed by atoms with Crippen LogP contribution in [0.25, 0.3) is 0 Å². The van der Waals surface area contributed by atoms with Gasteiger partial charge in [-0.15, -0.1) is 0 Å². The fourth-order valence-electron chi connectivity index (χ4n) is 3.16. The van der Waals surface area contributed by atoms with Gasteiger partial charge in [-0.3, -0.25) is 9.36 Å². The Morgan fingerprint density at radius 3 is 2.73 bits per heavy atom. The first kappa shape index (κ1) is 18.7. The topological polar surface area (TPSA) is 47.7 Å². The van der Waals surface area contributed by atoms with E-state index in [-0.39, 0.29) is 0 Å². The van der Waals surface area contributed by atoms with Crippen LogP contribution in [0, 0.1) is 13.8 Å². The van der Waals surface area contributed by atoms with Crippen LogP contribution in [0.4, 0.5) is 0 Å². The van der Waals surface area contributed by atoms with E-state index in [0.717, 1.165) is 42.2 Å². The number of aryl methyl sites for hydroxylation is 3. The van der Waals surface area contributed by atoms with Crippen molar-refractivity contribution < 1.29 is 0 Å². The first-order chi connectivity index (χ1) is 12.5. The number of halogens is 1. The van der Waals surface area contributed by atoms with Crippen LogP contribution in [0.3, 0.4) is 0 Å². The average molecular weight is 372 g/mol. The van der Waals surface area contributed by atoms with Crippen LogP contribution in [0.1, 0.15) is 34.5 Å². The van der Waals surface area contributed by atoms with E-state index in [1.54, 1.807) is 0 Å². The molecule has 3 rings (SSSR count). The molecule has 1 N–H and O–H groups in total. The molecule has 0 aliphatic heterocycles. The Kier molecular flexibility index (Phi) is 6.12. The third kappa shape index (κ3) is 4.54. The lowest BCUT2D eigenvalue weighted by Gasteiger charge is -2.08. The minimum absolute atomic E-state index is 0.702. The molecule has 5 nitrogen and oxygen atoms in total. The molecule has 0 unspecified atom stereocenters. The van der Waals surface area contributed by atoms with Crippen molar-refractivity contribution in [1.82, 2.24) is 24.9 Å². The summed E-state index contributed by atoms with van der Waals surface area (Å²) in [6.07, 6.45) is 6.15. The van der Waals surface area contributed by atoms with Crippen LogP contribution in [-0.4, -0.2) is 26.1 Å². The van der Waals surface area contributed by atoms with Crippen molar-refractivity contribution in [2.75, 3.05) is 6.54 Å². The maximum absolute atomic E-state index is 6.28. The second-order valence-corrected chi connectivity index (χ2v) is 7.11. The zero-order valence-corrected chi connectivity index (χ0v) is 16.4. The lowest BCUT2D eigenvalue weighted by Crippen LogP contribution is -2.16. The van der Waals surface area contributed by atoms with Crippen molar-refractivity contribution in [1.29, 1.82) is 0 Å². The Hall–Kier alpha value is -2.11. The molecule has 0 aliphatic carbocycles. The highest BCUT2D eigenvalue weighted by Crippen LogP contribution is 2.19. The van der Waals surface area contributed by atoms with E-state index >= 15 is 0 Å². The number of nitrogens with zero attached hydrogens (tertiary/aromatic N) is 4. The van der Waals surface area contributed by atoms with Crippen molar-refractivity contribution in [2.45, 2.75) is 39.8 Å². The maximum atomic E-state index is 6.28. The number of hydrogen-bond donors (Lipinski definition) is 1. The number of rotatable bonds is 8. The van der Waals surface area contributed by atoms with Crippen LogP contribution >= 0.6 is 11.6 Å². The van der Waals surface area contributed by atoms with E-state index in [9.17, 15) is 0 Å². The highest BCUT2D eigenvalue weighted by molar-refractivity contribution is 6.31. The lowest BCUT2D eigenvalue weighted by atomic mass is 10.1. The third-order valence-corrected chi connectivity index (χ3v) is 5.06. The van der Waals surface area contributed by atoms with Crippen LogP contribution in [0.2, 0.25) is 5.02 Å². The molecule has 0 atom stereocenters. The molecule has 3 aromatic rings. The van der Waals surface area contributed by atoms with Crippen molar-refractivity contribution in [3.63, 3.8) is 0 Å². The molecule has 2 aromatic heterocycles. The number of hydrogen-bond acceptors (Lipinski definition) is 3. The molecule has 2 heterocycles. The summed E-state index contributed by atoms with van der Waals surface area (Å²) in [5.74, 6) is 0. The summed E-state index contributed by atoms with van der Waals surface area (Å²) >= 11 is 6.28. The molecule has 0 radical (unpaired) electrons. The molecule has 6 heteroatoms. The van der Waals surface area contributed by atoms with Gasteiger partial charge in [0.15, 0.2) is 0 Å². The maximum Gasteiger partial charge on any atom is 0.0677 e. The van der Waals surface area contributed by atoms with Crippen molar-refractivity contribution in [3.8, 4) is 0 Å². The Labute approximate surface area is 160 Å². The van der Waals surface area contributed by atoms with Crippen molar-refractivity contribution in [2.24, 2.45) is 7.05 Å². The smallest absolute Gasteiger partial charge is 0.0677 e. The molecule has 0 saturated heterocycles. The molecule has 0 saturated carbocycles. The zero-order chi connectivity index (χ0) is 18.5. The van der Waals surface area contributed by atoms with E-state index in [2.05, 4.69) is 36.5 Å². The van der Waals surface area contributed by atoms with Crippen molar-refractivity contribution in [3.05, 3.63) is 69.8 Å². The SMILES string of the molecule is Cc1nn(Cc2ccccc2Cl)c(C)c1CNCCCc1cnn(C)c1. The van der Waals surface area contributed by atoms with Gasteiger partial charge < -0.3 is 5.32 Å². The summed E-state index contributed by atoms with van der Waals surface area (Å²) in [5, 5.41) is 13.2. The fraction of sp³-hybridized carbons (Fsp3) is 0.400. The lowest BCUT2D eigenvalue weighted by molar-refractivity contribution is 0.638. The summed E-state index contributed by atoms with van der Waals surface area (Å²) in [7, 11) is 1.95. The summed E-state index contributed by atoms with van der Waals surface area (Å²) in [4.78, 5) is 0. The van der Waals surface area contributed by atoms with Gasteiger partial charge in [0.25, 0.3) is 0 Å². The van der Waals surface area contributed by atoms with Gasteiger partial charge in [-0.05, 0) is 50.4 Å². The van der Waals surface area contributed by atoms with Gasteiger partial charge in [0.05, 0.1) is 18.4 Å². The molecule has 1 aromatic carbocycles. The summed E-state index contributed by atoms with van der Waals surface area (Å²) in [6.45, 7) is 6.72. The predicted octanol–water partition coefficient (Wildman–Crippen LogP) is 3.66. The predicted molar refractivity (Wildman–Crippen MR) is 105 cm³/mol. The standard InChI is InChI=1S/C20H26ClN5/c1-15-19(12-22-10-6-7-17-11-23-25(3)13-17)16(2)26(24-15)14-18-8-4-5-9-20(18)21/h4-5,8-9,11,13,22H,6-7,10,12,14H2,1-3H3. The van der Waals surface area contributed by atoms with E-state index in [1.807, 2.05) is 40.8 Å². The zero-order valence-electron chi connectivity index (χ0n) is 15.7. The molecule has 0 fully saturated rings. The van der Waals surface area contributed by atoms with Crippen LogP contribution < -0.4 is 5.32 Å². The van der Waals surface area contributed by atoms with Crippen LogP contribution in [0.5, 0.6) is 0 Å². The molecular formula is C20H26ClN5. The highest BCUT2D eigenvalue weighted by Gasteiger charge is 2.12. The summed E-state index contributed by atoms with van der Waals surface area (Å²) in [6, 6.07) is 7.94. The largest absolute Gasteiger partial charge is 0.313 e. The molecule has 138 valence electrons. The minimum Gasteiger partial charge on any atom is -0.313 e. The Balaban J connectivity index is 1.53. The first-order valence-electron chi connectivity index (χ1n) is 8.99. The van der Waals surface area contributed by atoms with Crippen LogP contribution in [-0.2, 0) is 26.6 Å². The van der Waals surface area contributed by atoms with Gasteiger partial charge in [0, 0.05) is 36.1 Å². The first-order valence-corrected chi connectivity index (χ1v) is 9.37. The normalized spacial score (nSPS) is 11.2. The van der Waals surface area contributed by atoms with Gasteiger partial charge in [-0.2, -0.15) is 10.2 Å². The van der Waals surface area contributed by atoms with E-state index < -0.39 is 0 Å². The second-order valence-electron chi connectivity index (χ2n) is 6.70. The average Bonchev–Trinajstić information content (AvgIpc) is 3.14. The molecule has 0 aliphatic rings. The van der Waals surface area contributed by atoms with E-state index in [0.29, 0.717) is 6.54 Å². The Morgan fingerprint density at radius 1 is 1.19 bits per heavy atom. The fourth-order valence-corrected chi connectivity index (χ4v) is 3.36. The number of aromatic nitrogens is 4. The van der Waals surface area contributed by atoms with E-state index in [4.69, 9.17) is 16.7 Å². The third-order valence-electron chi connectivity index (χ3n) is 4.69. The Bertz CT molecular complexity index is 865. The quantitative estimate of drug-likeness (QED) is 0.615. The summed E-state index contributed by atoms with van der Waals surface area (Å²) in [5.41, 5.74) is 5.93. The Morgan fingerprint density at radius 2 is 2.00 bits per heavy atom. The molecular weight excluding hydrogens is 346 g/mol. The van der Waals surface area contributed by atoms with Gasteiger partial charge in [-0.1, -0.05) is 29.8 Å². The van der Waals surface area contributed by atoms with Gasteiger partial charge in [0.2, 0.25) is 0 Å². The monoisotopic (exact) mass is 371 g/mol. The number of nitrogens with one attached hydrogen (secondary N) is 1. The van der Waals surface area contributed by atoms with Gasteiger partial charge >= 0.3 is 0 Å². The summed E-state index contributed by atoms with van der Waals surface area (Å²) < 4.78 is 3.89. The molecule has 0 amide bonds. The van der Waals surface area contributed by atoms with Crippen molar-refractivity contribution >= 4 is 11.6 Å². The molecule has 0 spiro atoms.